The van der Waals surface area contributed by atoms with E-state index >= 15 is 0 Å². The molecule has 2 fully saturated rings. The Hall–Kier alpha value is -2.20. The number of esters is 1. The van der Waals surface area contributed by atoms with E-state index in [4.69, 9.17) is 4.74 Å². The summed E-state index contributed by atoms with van der Waals surface area (Å²) in [6.07, 6.45) is 1.48. The first-order chi connectivity index (χ1) is 14.3. The molecule has 8 nitrogen and oxygen atoms in total. The minimum atomic E-state index is -3.49. The van der Waals surface area contributed by atoms with E-state index in [2.05, 4.69) is 4.90 Å². The molecule has 10 heteroatoms. The van der Waals surface area contributed by atoms with Crippen molar-refractivity contribution in [3.8, 4) is 0 Å². The van der Waals surface area contributed by atoms with Crippen LogP contribution in [0, 0.1) is 5.82 Å². The Kier molecular flexibility index (Phi) is 7.30. The molecule has 2 aliphatic heterocycles. The number of halogens is 1. The van der Waals surface area contributed by atoms with Gasteiger partial charge in [0.25, 0.3) is 5.91 Å². The maximum atomic E-state index is 13.1. The number of piperazine rings is 1. The number of sulfonamides is 1. The maximum Gasteiger partial charge on any atom is 0.324 e. The van der Waals surface area contributed by atoms with Gasteiger partial charge in [-0.2, -0.15) is 4.31 Å². The fourth-order valence-corrected chi connectivity index (χ4v) is 5.61. The second-order valence-corrected chi connectivity index (χ2v) is 9.58. The highest BCUT2D eigenvalue weighted by atomic mass is 32.2. The summed E-state index contributed by atoms with van der Waals surface area (Å²) in [5, 5.41) is 0. The summed E-state index contributed by atoms with van der Waals surface area (Å²) in [6, 6.07) is 5.37. The van der Waals surface area contributed by atoms with Crippen LogP contribution in [-0.4, -0.2) is 80.6 Å². The minimum absolute atomic E-state index is 0.00591. The van der Waals surface area contributed by atoms with Crippen LogP contribution < -0.4 is 4.90 Å². The summed E-state index contributed by atoms with van der Waals surface area (Å²) < 4.78 is 44.1. The molecule has 0 bridgehead atoms. The van der Waals surface area contributed by atoms with Crippen LogP contribution >= 0.6 is 0 Å². The van der Waals surface area contributed by atoms with E-state index < -0.39 is 28.6 Å². The zero-order valence-electron chi connectivity index (χ0n) is 17.1. The number of carbonyl (C=O) groups is 2. The second kappa shape index (κ2) is 9.74. The van der Waals surface area contributed by atoms with Crippen molar-refractivity contribution >= 4 is 27.6 Å². The van der Waals surface area contributed by atoms with Gasteiger partial charge in [0.1, 0.15) is 11.9 Å². The summed E-state index contributed by atoms with van der Waals surface area (Å²) in [6.45, 7) is 3.81. The molecule has 1 aromatic carbocycles. The smallest absolute Gasteiger partial charge is 0.324 e. The number of amides is 1. The quantitative estimate of drug-likeness (QED) is 0.592. The predicted octanol–water partition coefficient (Wildman–Crippen LogP) is 1.22. The molecule has 3 rings (SSSR count). The average Bonchev–Trinajstić information content (AvgIpc) is 3.24. The van der Waals surface area contributed by atoms with Gasteiger partial charge in [0.05, 0.1) is 5.75 Å². The van der Waals surface area contributed by atoms with Crippen molar-refractivity contribution < 1.29 is 27.1 Å². The van der Waals surface area contributed by atoms with Crippen LogP contribution in [0.5, 0.6) is 0 Å². The van der Waals surface area contributed by atoms with Gasteiger partial charge in [-0.15, -0.1) is 0 Å². The Balaban J connectivity index is 1.47. The summed E-state index contributed by atoms with van der Waals surface area (Å²) in [5.41, 5.74) is 0.893. The summed E-state index contributed by atoms with van der Waals surface area (Å²) in [4.78, 5) is 28.5. The number of nitrogens with zero attached hydrogens (tertiary/aromatic N) is 3. The number of ether oxygens (including phenoxy) is 1. The lowest BCUT2D eigenvalue weighted by Gasteiger charge is -2.36. The van der Waals surface area contributed by atoms with Crippen LogP contribution in [0.15, 0.2) is 24.3 Å². The van der Waals surface area contributed by atoms with Gasteiger partial charge in [-0.3, -0.25) is 9.59 Å². The Labute approximate surface area is 176 Å². The molecule has 0 N–H and O–H groups in total. The van der Waals surface area contributed by atoms with Gasteiger partial charge >= 0.3 is 5.97 Å². The largest absolute Gasteiger partial charge is 0.454 e. The van der Waals surface area contributed by atoms with Crippen molar-refractivity contribution in [2.45, 2.75) is 32.2 Å². The number of carbonyl (C=O) groups excluding carboxylic acids is 2. The van der Waals surface area contributed by atoms with Gasteiger partial charge in [-0.05, 0) is 43.5 Å². The SMILES string of the molecule is CCCS(=O)(=O)N1CCCC1C(=O)OCC(=O)N1CCN(c2ccc(F)cc2)CC1. The van der Waals surface area contributed by atoms with Gasteiger partial charge < -0.3 is 14.5 Å². The zero-order chi connectivity index (χ0) is 21.7. The lowest BCUT2D eigenvalue weighted by molar-refractivity contribution is -0.154. The molecule has 1 amide bonds. The Morgan fingerprint density at radius 2 is 1.77 bits per heavy atom. The van der Waals surface area contributed by atoms with Crippen molar-refractivity contribution in [2.24, 2.45) is 0 Å². The van der Waals surface area contributed by atoms with Crippen molar-refractivity contribution in [3.05, 3.63) is 30.1 Å². The van der Waals surface area contributed by atoms with Crippen LogP contribution in [0.4, 0.5) is 10.1 Å². The van der Waals surface area contributed by atoms with Crippen LogP contribution in [0.1, 0.15) is 26.2 Å². The van der Waals surface area contributed by atoms with E-state index in [1.807, 2.05) is 0 Å². The monoisotopic (exact) mass is 441 g/mol. The second-order valence-electron chi connectivity index (χ2n) is 7.54. The molecule has 0 aromatic heterocycles. The molecule has 1 unspecified atom stereocenters. The number of anilines is 1. The summed E-state index contributed by atoms with van der Waals surface area (Å²) in [5.74, 6) is -1.26. The maximum absolute atomic E-state index is 13.1. The first-order valence-corrected chi connectivity index (χ1v) is 11.9. The van der Waals surface area contributed by atoms with Gasteiger partial charge in [0, 0.05) is 38.4 Å². The predicted molar refractivity (Wildman–Crippen MR) is 110 cm³/mol. The van der Waals surface area contributed by atoms with E-state index in [9.17, 15) is 22.4 Å². The lowest BCUT2D eigenvalue weighted by atomic mass is 10.2. The third kappa shape index (κ3) is 5.28. The van der Waals surface area contributed by atoms with Gasteiger partial charge in [-0.25, -0.2) is 12.8 Å². The highest BCUT2D eigenvalue weighted by Gasteiger charge is 2.39. The highest BCUT2D eigenvalue weighted by Crippen LogP contribution is 2.23. The van der Waals surface area contributed by atoms with Gasteiger partial charge in [0.15, 0.2) is 6.61 Å². The summed E-state index contributed by atoms with van der Waals surface area (Å²) in [7, 11) is -3.49. The lowest BCUT2D eigenvalue weighted by Crippen LogP contribution is -2.50. The van der Waals surface area contributed by atoms with Gasteiger partial charge in [0.2, 0.25) is 10.0 Å². The van der Waals surface area contributed by atoms with E-state index in [1.54, 1.807) is 24.0 Å². The molecule has 2 aliphatic rings. The normalized spacial score (nSPS) is 20.4. The number of hydrogen-bond donors (Lipinski definition) is 0. The first-order valence-electron chi connectivity index (χ1n) is 10.3. The zero-order valence-corrected chi connectivity index (χ0v) is 17.9. The van der Waals surface area contributed by atoms with E-state index in [-0.39, 0.29) is 17.5 Å². The Morgan fingerprint density at radius 1 is 1.10 bits per heavy atom. The third-order valence-electron chi connectivity index (χ3n) is 5.46. The standard InChI is InChI=1S/C20H28FN3O5S/c1-2-14-30(27,28)24-9-3-4-18(24)20(26)29-15-19(25)23-12-10-22(11-13-23)17-7-5-16(21)6-8-17/h5-8,18H,2-4,9-15H2,1H3. The molecule has 2 heterocycles. The van der Waals surface area contributed by atoms with Crippen LogP contribution in [-0.2, 0) is 24.3 Å². The molecular formula is C20H28FN3O5S. The molecule has 0 saturated carbocycles. The molecular weight excluding hydrogens is 413 g/mol. The topological polar surface area (TPSA) is 87.2 Å². The Morgan fingerprint density at radius 3 is 2.40 bits per heavy atom. The fraction of sp³-hybridized carbons (Fsp3) is 0.600. The average molecular weight is 442 g/mol. The van der Waals surface area contributed by atoms with Crippen LogP contribution in [0.2, 0.25) is 0 Å². The molecule has 166 valence electrons. The molecule has 2 saturated heterocycles. The highest BCUT2D eigenvalue weighted by molar-refractivity contribution is 7.89. The van der Waals surface area contributed by atoms with Gasteiger partial charge in [-0.1, -0.05) is 6.92 Å². The van der Waals surface area contributed by atoms with E-state index in [0.717, 1.165) is 5.69 Å². The first kappa shape index (κ1) is 22.5. The van der Waals surface area contributed by atoms with E-state index in [1.165, 1.54) is 16.4 Å². The number of rotatable bonds is 7. The molecule has 1 aromatic rings. The van der Waals surface area contributed by atoms with Crippen molar-refractivity contribution in [3.63, 3.8) is 0 Å². The molecule has 1 atom stereocenters. The van der Waals surface area contributed by atoms with E-state index in [0.29, 0.717) is 52.0 Å². The number of benzene rings is 1. The molecule has 30 heavy (non-hydrogen) atoms. The Bertz CT molecular complexity index is 854. The molecule has 0 radical (unpaired) electrons. The molecule has 0 aliphatic carbocycles. The minimum Gasteiger partial charge on any atom is -0.454 e. The molecule has 0 spiro atoms. The fourth-order valence-electron chi connectivity index (χ4n) is 3.87. The van der Waals surface area contributed by atoms with Crippen molar-refractivity contribution in [1.82, 2.24) is 9.21 Å². The summed E-state index contributed by atoms with van der Waals surface area (Å²) >= 11 is 0. The van der Waals surface area contributed by atoms with Crippen molar-refractivity contribution in [1.29, 1.82) is 0 Å². The van der Waals surface area contributed by atoms with Crippen molar-refractivity contribution in [2.75, 3.05) is 50.0 Å². The number of hydrogen-bond acceptors (Lipinski definition) is 6. The van der Waals surface area contributed by atoms with Crippen LogP contribution in [0.3, 0.4) is 0 Å². The third-order valence-corrected chi connectivity index (χ3v) is 7.53. The van der Waals surface area contributed by atoms with Crippen LogP contribution in [0.25, 0.3) is 0 Å².